The van der Waals surface area contributed by atoms with E-state index in [0.717, 1.165) is 19.0 Å². The van der Waals surface area contributed by atoms with E-state index in [1.54, 1.807) is 0 Å². The first-order valence-corrected chi connectivity index (χ1v) is 11.9. The van der Waals surface area contributed by atoms with E-state index in [2.05, 4.69) is 54.8 Å². The Labute approximate surface area is 185 Å². The molecule has 0 aromatic heterocycles. The average molecular weight is 414 g/mol. The number of piperazine rings is 1. The lowest BCUT2D eigenvalue weighted by Crippen LogP contribution is -2.46. The van der Waals surface area contributed by atoms with Crippen LogP contribution >= 0.6 is 0 Å². The first-order chi connectivity index (χ1) is 14.5. The zero-order valence-corrected chi connectivity index (χ0v) is 19.8. The van der Waals surface area contributed by atoms with Crippen molar-refractivity contribution in [2.24, 2.45) is 5.92 Å². The van der Waals surface area contributed by atoms with E-state index in [1.165, 1.54) is 69.9 Å². The molecule has 0 amide bonds. The number of anilines is 1. The van der Waals surface area contributed by atoms with Crippen LogP contribution in [0.1, 0.15) is 77.7 Å². The van der Waals surface area contributed by atoms with Gasteiger partial charge in [0.2, 0.25) is 0 Å². The molecule has 1 heterocycles. The van der Waals surface area contributed by atoms with Crippen LogP contribution in [0.15, 0.2) is 24.3 Å². The number of hydrogen-bond donors (Lipinski definition) is 0. The molecule has 0 spiro atoms. The van der Waals surface area contributed by atoms with Gasteiger partial charge in [0.05, 0.1) is 6.07 Å². The van der Waals surface area contributed by atoms with Gasteiger partial charge in [0.25, 0.3) is 0 Å². The molecular weight excluding hydrogens is 370 g/mol. The van der Waals surface area contributed by atoms with Gasteiger partial charge < -0.3 is 14.6 Å². The van der Waals surface area contributed by atoms with Gasteiger partial charge in [-0.3, -0.25) is 0 Å². The quantitative estimate of drug-likeness (QED) is 0.556. The zero-order valence-electron chi connectivity index (χ0n) is 19.8. The van der Waals surface area contributed by atoms with Gasteiger partial charge >= 0.3 is 0 Å². The summed E-state index contributed by atoms with van der Waals surface area (Å²) in [5.74, 6) is 1.20. The van der Waals surface area contributed by atoms with Gasteiger partial charge in [-0.05, 0) is 50.4 Å². The van der Waals surface area contributed by atoms with Crippen LogP contribution in [0, 0.1) is 24.2 Å². The molecule has 1 saturated heterocycles. The van der Waals surface area contributed by atoms with Gasteiger partial charge in [0, 0.05) is 44.7 Å². The lowest BCUT2D eigenvalue weighted by molar-refractivity contribution is -0.117. The Bertz CT molecular complexity index is 623. The first-order valence-electron chi connectivity index (χ1n) is 11.9. The van der Waals surface area contributed by atoms with E-state index in [1.807, 2.05) is 6.07 Å². The minimum absolute atomic E-state index is 0.167. The molecule has 2 aliphatic rings. The molecule has 1 aliphatic heterocycles. The highest BCUT2D eigenvalue weighted by molar-refractivity contribution is 5.75. The predicted octanol–water partition coefficient (Wildman–Crippen LogP) is 5.99. The second-order valence-electron chi connectivity index (χ2n) is 8.72. The fourth-order valence-electron chi connectivity index (χ4n) is 3.87. The third kappa shape index (κ3) is 12.0. The molecule has 2 fully saturated rings. The summed E-state index contributed by atoms with van der Waals surface area (Å²) < 4.78 is 0. The van der Waals surface area contributed by atoms with Crippen molar-refractivity contribution in [3.8, 4) is 6.07 Å². The van der Waals surface area contributed by atoms with E-state index in [-0.39, 0.29) is 5.78 Å². The largest absolute Gasteiger partial charge is 0.369 e. The maximum Gasteiger partial charge on any atom is 0.129 e. The van der Waals surface area contributed by atoms with Gasteiger partial charge in [-0.2, -0.15) is 5.26 Å². The molecule has 0 N–H and O–H groups in total. The number of ketones is 1. The molecule has 30 heavy (non-hydrogen) atoms. The first kappa shape index (κ1) is 26.2. The van der Waals surface area contributed by atoms with Crippen molar-refractivity contribution in [1.29, 1.82) is 5.26 Å². The molecular formula is C26H43N3O. The number of nitriles is 1. The zero-order chi connectivity index (χ0) is 22.2. The van der Waals surface area contributed by atoms with E-state index in [0.29, 0.717) is 19.3 Å². The lowest BCUT2D eigenvalue weighted by Gasteiger charge is -2.35. The third-order valence-corrected chi connectivity index (χ3v) is 5.90. The summed E-state index contributed by atoms with van der Waals surface area (Å²) in [4.78, 5) is 15.2. The molecule has 0 bridgehead atoms. The van der Waals surface area contributed by atoms with Crippen molar-refractivity contribution in [2.45, 2.75) is 79.1 Å². The fourth-order valence-corrected chi connectivity index (χ4v) is 3.87. The van der Waals surface area contributed by atoms with Crippen molar-refractivity contribution >= 4 is 11.5 Å². The van der Waals surface area contributed by atoms with Gasteiger partial charge in [0.1, 0.15) is 5.78 Å². The van der Waals surface area contributed by atoms with Crippen LogP contribution < -0.4 is 4.90 Å². The molecule has 168 valence electrons. The summed E-state index contributed by atoms with van der Waals surface area (Å²) in [6.07, 6.45) is 9.20. The summed E-state index contributed by atoms with van der Waals surface area (Å²) in [5.41, 5.74) is 2.73. The van der Waals surface area contributed by atoms with Gasteiger partial charge in [-0.15, -0.1) is 0 Å². The summed E-state index contributed by atoms with van der Waals surface area (Å²) in [7, 11) is 0. The minimum atomic E-state index is 0.167. The number of aryl methyl sites for hydroxylation is 1. The van der Waals surface area contributed by atoms with Gasteiger partial charge in [-0.1, -0.05) is 58.1 Å². The van der Waals surface area contributed by atoms with Crippen molar-refractivity contribution in [2.75, 3.05) is 37.6 Å². The van der Waals surface area contributed by atoms with Gasteiger partial charge in [-0.25, -0.2) is 0 Å². The molecule has 1 aromatic carbocycles. The highest BCUT2D eigenvalue weighted by Gasteiger charge is 2.15. The van der Waals surface area contributed by atoms with E-state index < -0.39 is 0 Å². The Morgan fingerprint density at radius 1 is 1.13 bits per heavy atom. The maximum atomic E-state index is 10.2. The van der Waals surface area contributed by atoms with E-state index >= 15 is 0 Å². The number of Topliss-reactive ketones (excluding diaryl/α,β-unsaturated/α-hetero) is 1. The Morgan fingerprint density at radius 2 is 1.80 bits per heavy atom. The topological polar surface area (TPSA) is 47.3 Å². The number of carbonyl (C=O) groups excluding carboxylic acids is 1. The van der Waals surface area contributed by atoms with Crippen LogP contribution in [0.4, 0.5) is 5.69 Å². The normalized spacial score (nSPS) is 17.1. The van der Waals surface area contributed by atoms with Crippen molar-refractivity contribution in [3.63, 3.8) is 0 Å². The Hall–Kier alpha value is -1.86. The van der Waals surface area contributed by atoms with Crippen LogP contribution in [0.3, 0.4) is 0 Å². The smallest absolute Gasteiger partial charge is 0.129 e. The molecule has 0 radical (unpaired) electrons. The SMILES string of the molecule is CC(=O)CCCC#N.CC1CCCCC1.CCN1CCN(c2cccc(C)c2)CC1. The molecule has 0 unspecified atom stereocenters. The van der Waals surface area contributed by atoms with Crippen molar-refractivity contribution < 1.29 is 4.79 Å². The molecule has 4 nitrogen and oxygen atoms in total. The predicted molar refractivity (Wildman–Crippen MR) is 128 cm³/mol. The van der Waals surface area contributed by atoms with Crippen LogP contribution in [0.5, 0.6) is 0 Å². The Morgan fingerprint density at radius 3 is 2.27 bits per heavy atom. The van der Waals surface area contributed by atoms with Crippen LogP contribution in [0.25, 0.3) is 0 Å². The number of unbranched alkanes of at least 4 members (excludes halogenated alkanes) is 1. The monoisotopic (exact) mass is 413 g/mol. The highest BCUT2D eigenvalue weighted by Crippen LogP contribution is 2.22. The second-order valence-corrected chi connectivity index (χ2v) is 8.72. The summed E-state index contributed by atoms with van der Waals surface area (Å²) in [6.45, 7) is 14.2. The molecule has 1 aliphatic carbocycles. The Balaban J connectivity index is 0.000000253. The van der Waals surface area contributed by atoms with Crippen LogP contribution in [-0.4, -0.2) is 43.4 Å². The van der Waals surface area contributed by atoms with Crippen molar-refractivity contribution in [1.82, 2.24) is 4.90 Å². The second kappa shape index (κ2) is 15.9. The number of hydrogen-bond acceptors (Lipinski definition) is 4. The maximum absolute atomic E-state index is 10.2. The Kier molecular flexibility index (Phi) is 13.9. The number of likely N-dealkylation sites (N-methyl/N-ethyl adjacent to an activating group) is 1. The minimum Gasteiger partial charge on any atom is -0.369 e. The third-order valence-electron chi connectivity index (χ3n) is 5.90. The molecule has 1 aromatic rings. The number of benzene rings is 1. The molecule has 4 heteroatoms. The fraction of sp³-hybridized carbons (Fsp3) is 0.692. The van der Waals surface area contributed by atoms with Crippen LogP contribution in [0.2, 0.25) is 0 Å². The number of rotatable bonds is 5. The van der Waals surface area contributed by atoms with Gasteiger partial charge in [0.15, 0.2) is 0 Å². The molecule has 1 saturated carbocycles. The van der Waals surface area contributed by atoms with Crippen LogP contribution in [-0.2, 0) is 4.79 Å². The molecule has 3 rings (SSSR count). The summed E-state index contributed by atoms with van der Waals surface area (Å²) in [6, 6.07) is 10.8. The lowest BCUT2D eigenvalue weighted by atomic mass is 9.91. The molecule has 0 atom stereocenters. The number of nitrogens with zero attached hydrogens (tertiary/aromatic N) is 3. The summed E-state index contributed by atoms with van der Waals surface area (Å²) in [5, 5.41) is 8.02. The number of carbonyl (C=O) groups is 1. The average Bonchev–Trinajstić information content (AvgIpc) is 2.75. The van der Waals surface area contributed by atoms with E-state index in [4.69, 9.17) is 5.26 Å². The standard InChI is InChI=1S/C13H20N2.C7H14.C6H9NO/c1-3-14-7-9-15(10-8-14)13-6-4-5-12(2)11-13;1-7-5-3-2-4-6-7;1-6(8)4-2-3-5-7/h4-6,11H,3,7-10H2,1-2H3;7H,2-6H2,1H3;2-4H2,1H3. The van der Waals surface area contributed by atoms with E-state index in [9.17, 15) is 4.79 Å². The summed E-state index contributed by atoms with van der Waals surface area (Å²) >= 11 is 0. The van der Waals surface area contributed by atoms with Crippen molar-refractivity contribution in [3.05, 3.63) is 29.8 Å². The highest BCUT2D eigenvalue weighted by atomic mass is 16.1.